The Morgan fingerprint density at radius 1 is 1.32 bits per heavy atom. The standard InChI is InChI=1S/C15H23N3O/c1-11(2)12-4-6-13(7-5-12)14-10-17(3)15(19)18(14)9-8-16/h4-7,11,14H,8-10,16H2,1-3H3. The van der Waals surface area contributed by atoms with E-state index in [-0.39, 0.29) is 12.1 Å². The Hall–Kier alpha value is -1.55. The van der Waals surface area contributed by atoms with Crippen LogP contribution in [0.25, 0.3) is 0 Å². The minimum atomic E-state index is 0.0726. The van der Waals surface area contributed by atoms with Crippen LogP contribution in [0.15, 0.2) is 24.3 Å². The van der Waals surface area contributed by atoms with Crippen molar-refractivity contribution in [3.8, 4) is 0 Å². The van der Waals surface area contributed by atoms with Crippen LogP contribution in [0.5, 0.6) is 0 Å². The molecule has 1 heterocycles. The Labute approximate surface area is 115 Å². The molecule has 104 valence electrons. The van der Waals surface area contributed by atoms with Crippen LogP contribution in [0, 0.1) is 0 Å². The summed E-state index contributed by atoms with van der Waals surface area (Å²) >= 11 is 0. The fourth-order valence-electron chi connectivity index (χ4n) is 2.57. The summed E-state index contributed by atoms with van der Waals surface area (Å²) in [5.74, 6) is 0.530. The third-order valence-electron chi connectivity index (χ3n) is 3.75. The molecule has 0 radical (unpaired) electrons. The topological polar surface area (TPSA) is 49.6 Å². The molecular weight excluding hydrogens is 238 g/mol. The van der Waals surface area contributed by atoms with Gasteiger partial charge in [0.15, 0.2) is 0 Å². The lowest BCUT2D eigenvalue weighted by Crippen LogP contribution is -2.34. The van der Waals surface area contributed by atoms with Crippen LogP contribution in [0.3, 0.4) is 0 Å². The number of urea groups is 1. The van der Waals surface area contributed by atoms with Crippen LogP contribution < -0.4 is 5.73 Å². The van der Waals surface area contributed by atoms with Crippen LogP contribution in [0.1, 0.15) is 36.9 Å². The number of rotatable bonds is 4. The summed E-state index contributed by atoms with van der Waals surface area (Å²) in [6.07, 6.45) is 0. The van der Waals surface area contributed by atoms with Crippen molar-refractivity contribution in [3.63, 3.8) is 0 Å². The minimum absolute atomic E-state index is 0.0726. The van der Waals surface area contributed by atoms with Gasteiger partial charge in [0, 0.05) is 26.7 Å². The Morgan fingerprint density at radius 3 is 2.47 bits per heavy atom. The number of amides is 2. The van der Waals surface area contributed by atoms with Crippen molar-refractivity contribution in [3.05, 3.63) is 35.4 Å². The first kappa shape index (κ1) is 13.9. The van der Waals surface area contributed by atoms with Crippen LogP contribution >= 0.6 is 0 Å². The first-order valence-corrected chi connectivity index (χ1v) is 6.86. The van der Waals surface area contributed by atoms with Crippen molar-refractivity contribution < 1.29 is 4.79 Å². The van der Waals surface area contributed by atoms with Crippen molar-refractivity contribution >= 4 is 6.03 Å². The third-order valence-corrected chi connectivity index (χ3v) is 3.75. The largest absolute Gasteiger partial charge is 0.329 e. The van der Waals surface area contributed by atoms with Crippen LogP contribution in [0.2, 0.25) is 0 Å². The van der Waals surface area contributed by atoms with Crippen molar-refractivity contribution in [1.82, 2.24) is 9.80 Å². The lowest BCUT2D eigenvalue weighted by Gasteiger charge is -2.23. The van der Waals surface area contributed by atoms with E-state index in [1.165, 1.54) is 11.1 Å². The predicted octanol–water partition coefficient (Wildman–Crippen LogP) is 2.18. The van der Waals surface area contributed by atoms with Gasteiger partial charge in [-0.25, -0.2) is 4.79 Å². The SMILES string of the molecule is CC(C)c1ccc(C2CN(C)C(=O)N2CCN)cc1. The molecule has 4 heteroatoms. The molecule has 2 rings (SSSR count). The van der Waals surface area contributed by atoms with Crippen molar-refractivity contribution in [2.45, 2.75) is 25.8 Å². The van der Waals surface area contributed by atoms with Crippen molar-refractivity contribution in [2.24, 2.45) is 5.73 Å². The summed E-state index contributed by atoms with van der Waals surface area (Å²) < 4.78 is 0. The summed E-state index contributed by atoms with van der Waals surface area (Å²) in [6.45, 7) is 6.21. The van der Waals surface area contributed by atoms with Crippen LogP contribution in [0.4, 0.5) is 4.79 Å². The first-order valence-electron chi connectivity index (χ1n) is 6.86. The molecule has 0 bridgehead atoms. The number of benzene rings is 1. The second-order valence-electron chi connectivity index (χ2n) is 5.48. The number of nitrogens with zero attached hydrogens (tertiary/aromatic N) is 2. The summed E-state index contributed by atoms with van der Waals surface area (Å²) in [7, 11) is 1.84. The van der Waals surface area contributed by atoms with Gasteiger partial charge in [0.25, 0.3) is 0 Å². The van der Waals surface area contributed by atoms with Gasteiger partial charge in [-0.1, -0.05) is 38.1 Å². The summed E-state index contributed by atoms with van der Waals surface area (Å²) in [5.41, 5.74) is 8.12. The van der Waals surface area contributed by atoms with Crippen LogP contribution in [-0.2, 0) is 0 Å². The molecule has 1 aromatic carbocycles. The lowest BCUT2D eigenvalue weighted by molar-refractivity contribution is 0.192. The molecule has 0 aromatic heterocycles. The smallest absolute Gasteiger partial charge is 0.320 e. The summed E-state index contributed by atoms with van der Waals surface area (Å²) in [6, 6.07) is 8.78. The van der Waals surface area contributed by atoms with E-state index < -0.39 is 0 Å². The van der Waals surface area contributed by atoms with Gasteiger partial charge in [-0.15, -0.1) is 0 Å². The van der Waals surface area contributed by atoms with Gasteiger partial charge < -0.3 is 15.5 Å². The quantitative estimate of drug-likeness (QED) is 0.903. The van der Waals surface area contributed by atoms with Crippen LogP contribution in [-0.4, -0.2) is 42.5 Å². The molecule has 1 saturated heterocycles. The van der Waals surface area contributed by atoms with E-state index in [1.807, 2.05) is 11.9 Å². The maximum Gasteiger partial charge on any atom is 0.320 e. The molecule has 0 spiro atoms. The molecule has 2 N–H and O–H groups in total. The number of hydrogen-bond donors (Lipinski definition) is 1. The van der Waals surface area contributed by atoms with E-state index in [2.05, 4.69) is 38.1 Å². The Kier molecular flexibility index (Phi) is 4.10. The normalized spacial score (nSPS) is 19.6. The highest BCUT2D eigenvalue weighted by molar-refractivity contribution is 5.77. The number of nitrogens with two attached hydrogens (primary N) is 1. The Balaban J connectivity index is 2.22. The average molecular weight is 261 g/mol. The van der Waals surface area contributed by atoms with Gasteiger partial charge in [0.05, 0.1) is 6.04 Å². The Morgan fingerprint density at radius 2 is 1.95 bits per heavy atom. The Bertz CT molecular complexity index is 441. The number of hydrogen-bond acceptors (Lipinski definition) is 2. The van der Waals surface area contributed by atoms with Gasteiger partial charge in [0.2, 0.25) is 0 Å². The molecule has 19 heavy (non-hydrogen) atoms. The van der Waals surface area contributed by atoms with E-state index in [9.17, 15) is 4.79 Å². The highest BCUT2D eigenvalue weighted by atomic mass is 16.2. The van der Waals surface area contributed by atoms with E-state index in [4.69, 9.17) is 5.73 Å². The van der Waals surface area contributed by atoms with Crippen molar-refractivity contribution in [2.75, 3.05) is 26.7 Å². The highest BCUT2D eigenvalue weighted by Crippen LogP contribution is 2.29. The maximum atomic E-state index is 12.1. The molecule has 1 aliphatic heterocycles. The monoisotopic (exact) mass is 261 g/mol. The molecule has 1 fully saturated rings. The summed E-state index contributed by atoms with van der Waals surface area (Å²) in [4.78, 5) is 15.7. The first-order chi connectivity index (χ1) is 9.04. The minimum Gasteiger partial charge on any atom is -0.329 e. The number of carbonyl (C=O) groups is 1. The summed E-state index contributed by atoms with van der Waals surface area (Å²) in [5, 5.41) is 0. The van der Waals surface area contributed by atoms with Gasteiger partial charge in [-0.05, 0) is 17.0 Å². The van der Waals surface area contributed by atoms with Gasteiger partial charge in [-0.3, -0.25) is 0 Å². The van der Waals surface area contributed by atoms with Gasteiger partial charge in [-0.2, -0.15) is 0 Å². The maximum absolute atomic E-state index is 12.1. The molecule has 1 atom stereocenters. The zero-order valence-corrected chi connectivity index (χ0v) is 12.0. The number of likely N-dealkylation sites (N-methyl/N-ethyl adjacent to an activating group) is 1. The highest BCUT2D eigenvalue weighted by Gasteiger charge is 2.35. The molecule has 4 nitrogen and oxygen atoms in total. The molecule has 1 unspecified atom stereocenters. The molecule has 1 aliphatic rings. The zero-order chi connectivity index (χ0) is 14.0. The van der Waals surface area contributed by atoms with E-state index in [0.29, 0.717) is 19.0 Å². The zero-order valence-electron chi connectivity index (χ0n) is 12.0. The fraction of sp³-hybridized carbons (Fsp3) is 0.533. The van der Waals surface area contributed by atoms with Gasteiger partial charge >= 0.3 is 6.03 Å². The third kappa shape index (κ3) is 2.73. The van der Waals surface area contributed by atoms with E-state index in [0.717, 1.165) is 6.54 Å². The molecule has 0 aliphatic carbocycles. The molecular formula is C15H23N3O. The van der Waals surface area contributed by atoms with Gasteiger partial charge in [0.1, 0.15) is 0 Å². The molecule has 1 aromatic rings. The van der Waals surface area contributed by atoms with E-state index >= 15 is 0 Å². The fourth-order valence-corrected chi connectivity index (χ4v) is 2.57. The second kappa shape index (κ2) is 5.61. The average Bonchev–Trinajstić information content (AvgIpc) is 2.68. The predicted molar refractivity (Wildman–Crippen MR) is 77.1 cm³/mol. The van der Waals surface area contributed by atoms with E-state index in [1.54, 1.807) is 4.90 Å². The lowest BCUT2D eigenvalue weighted by atomic mass is 9.99. The number of carbonyl (C=O) groups excluding carboxylic acids is 1. The molecule has 0 saturated carbocycles. The second-order valence-corrected chi connectivity index (χ2v) is 5.48. The molecule has 2 amide bonds. The van der Waals surface area contributed by atoms with Crippen molar-refractivity contribution in [1.29, 1.82) is 0 Å².